The van der Waals surface area contributed by atoms with E-state index in [0.29, 0.717) is 17.2 Å². The number of hydrogen-bond acceptors (Lipinski definition) is 6. The number of thiazole rings is 1. The van der Waals surface area contributed by atoms with Crippen LogP contribution in [0.1, 0.15) is 27.2 Å². The Labute approximate surface area is 170 Å². The maximum Gasteiger partial charge on any atom is 0.261 e. The Bertz CT molecular complexity index is 1000. The van der Waals surface area contributed by atoms with Crippen molar-refractivity contribution in [2.75, 3.05) is 11.1 Å². The number of nitrogens with two attached hydrogens (primary N) is 1. The lowest BCUT2D eigenvalue weighted by Crippen LogP contribution is -2.12. The number of primary amides is 1. The summed E-state index contributed by atoms with van der Waals surface area (Å²) < 4.78 is 0.816. The molecule has 2 aromatic carbocycles. The average molecular weight is 414 g/mol. The molecule has 0 saturated carbocycles. The molecule has 6 nitrogen and oxygen atoms in total. The maximum absolute atomic E-state index is 12.6. The number of carbonyl (C=O) groups excluding carboxylic acids is 2. The number of benzene rings is 2. The number of phenolic OH excluding ortho intramolecular Hbond substituents is 1. The molecule has 0 saturated heterocycles. The largest absolute Gasteiger partial charge is 0.507 e. The van der Waals surface area contributed by atoms with Gasteiger partial charge in [-0.05, 0) is 36.6 Å². The van der Waals surface area contributed by atoms with Crippen molar-refractivity contribution in [3.8, 4) is 5.75 Å². The minimum atomic E-state index is -0.437. The number of aromatic nitrogens is 1. The van der Waals surface area contributed by atoms with Crippen LogP contribution in [-0.2, 0) is 11.2 Å². The number of aromatic hydroxyl groups is 1. The Morgan fingerprint density at radius 2 is 1.93 bits per heavy atom. The number of hydrogen-bond donors (Lipinski definition) is 3. The molecule has 0 atom stereocenters. The van der Waals surface area contributed by atoms with E-state index in [4.69, 9.17) is 5.73 Å². The number of phenols is 1. The summed E-state index contributed by atoms with van der Waals surface area (Å²) in [6.45, 7) is 1.80. The molecule has 28 heavy (non-hydrogen) atoms. The van der Waals surface area contributed by atoms with Crippen molar-refractivity contribution in [1.82, 2.24) is 4.98 Å². The summed E-state index contributed by atoms with van der Waals surface area (Å²) in [6, 6.07) is 14.9. The first kappa shape index (κ1) is 19.9. The van der Waals surface area contributed by atoms with Gasteiger partial charge in [0.1, 0.15) is 5.75 Å². The standard InChI is InChI=1S/C20H19N3O3S2/c1-12-19(27-11-17(21)25)28-20(22-12)23-18(26)15-10-14(7-8-16(15)24)9-13-5-3-2-4-6-13/h2-8,10,24H,9,11H2,1H3,(H2,21,25)(H,22,23,26). The van der Waals surface area contributed by atoms with Crippen molar-refractivity contribution >= 4 is 40.0 Å². The van der Waals surface area contributed by atoms with Crippen molar-refractivity contribution < 1.29 is 14.7 Å². The van der Waals surface area contributed by atoms with Crippen LogP contribution in [0.5, 0.6) is 5.75 Å². The molecule has 2 amide bonds. The lowest BCUT2D eigenvalue weighted by molar-refractivity contribution is -0.115. The summed E-state index contributed by atoms with van der Waals surface area (Å²) in [5.41, 5.74) is 8.11. The first-order valence-corrected chi connectivity index (χ1v) is 10.3. The highest BCUT2D eigenvalue weighted by Gasteiger charge is 2.16. The van der Waals surface area contributed by atoms with E-state index in [1.165, 1.54) is 29.2 Å². The van der Waals surface area contributed by atoms with Gasteiger partial charge in [-0.2, -0.15) is 0 Å². The van der Waals surface area contributed by atoms with Gasteiger partial charge in [0, 0.05) is 0 Å². The number of nitrogens with zero attached hydrogens (tertiary/aromatic N) is 1. The van der Waals surface area contributed by atoms with Crippen LogP contribution in [0.3, 0.4) is 0 Å². The second-order valence-electron chi connectivity index (χ2n) is 6.11. The number of carbonyl (C=O) groups is 2. The van der Waals surface area contributed by atoms with Crippen LogP contribution in [0.2, 0.25) is 0 Å². The van der Waals surface area contributed by atoms with E-state index in [0.717, 1.165) is 15.3 Å². The third-order valence-corrected chi connectivity index (χ3v) is 6.33. The predicted molar refractivity (Wildman–Crippen MR) is 112 cm³/mol. The lowest BCUT2D eigenvalue weighted by Gasteiger charge is -2.08. The Morgan fingerprint density at radius 3 is 2.64 bits per heavy atom. The fourth-order valence-corrected chi connectivity index (χ4v) is 4.45. The molecular weight excluding hydrogens is 394 g/mol. The van der Waals surface area contributed by atoms with Crippen molar-refractivity contribution in [3.05, 3.63) is 70.9 Å². The van der Waals surface area contributed by atoms with E-state index in [9.17, 15) is 14.7 Å². The number of anilines is 1. The van der Waals surface area contributed by atoms with E-state index >= 15 is 0 Å². The number of rotatable bonds is 7. The Kier molecular flexibility index (Phi) is 6.33. The SMILES string of the molecule is Cc1nc(NC(=O)c2cc(Cc3ccccc3)ccc2O)sc1SCC(N)=O. The topological polar surface area (TPSA) is 105 Å². The normalized spacial score (nSPS) is 10.6. The Balaban J connectivity index is 1.74. The molecule has 0 bridgehead atoms. The van der Waals surface area contributed by atoms with Gasteiger partial charge in [0.05, 0.1) is 21.2 Å². The highest BCUT2D eigenvalue weighted by Crippen LogP contribution is 2.32. The maximum atomic E-state index is 12.6. The average Bonchev–Trinajstić information content (AvgIpc) is 3.01. The third-order valence-electron chi connectivity index (χ3n) is 3.88. The van der Waals surface area contributed by atoms with Crippen molar-refractivity contribution in [3.63, 3.8) is 0 Å². The number of amides is 2. The van der Waals surface area contributed by atoms with Crippen LogP contribution < -0.4 is 11.1 Å². The summed E-state index contributed by atoms with van der Waals surface area (Å²) >= 11 is 2.55. The van der Waals surface area contributed by atoms with E-state index in [2.05, 4.69) is 10.3 Å². The zero-order valence-electron chi connectivity index (χ0n) is 15.1. The number of nitrogens with one attached hydrogen (secondary N) is 1. The second-order valence-corrected chi connectivity index (χ2v) is 8.36. The van der Waals surface area contributed by atoms with E-state index in [1.54, 1.807) is 19.1 Å². The molecule has 144 valence electrons. The molecule has 0 unspecified atom stereocenters. The van der Waals surface area contributed by atoms with Gasteiger partial charge in [-0.25, -0.2) is 4.98 Å². The molecule has 0 fully saturated rings. The molecule has 3 aromatic rings. The van der Waals surface area contributed by atoms with Gasteiger partial charge in [0.15, 0.2) is 5.13 Å². The Morgan fingerprint density at radius 1 is 1.18 bits per heavy atom. The van der Waals surface area contributed by atoms with Crippen molar-refractivity contribution in [2.45, 2.75) is 17.6 Å². The zero-order chi connectivity index (χ0) is 20.1. The zero-order valence-corrected chi connectivity index (χ0v) is 16.8. The molecule has 3 rings (SSSR count). The molecule has 0 aliphatic heterocycles. The fraction of sp³-hybridized carbons (Fsp3) is 0.150. The molecule has 4 N–H and O–H groups in total. The molecule has 0 spiro atoms. The second kappa shape index (κ2) is 8.90. The van der Waals surface area contributed by atoms with Crippen LogP contribution in [-0.4, -0.2) is 27.7 Å². The van der Waals surface area contributed by atoms with Gasteiger partial charge >= 0.3 is 0 Å². The van der Waals surface area contributed by atoms with E-state index in [1.807, 2.05) is 30.3 Å². The summed E-state index contributed by atoms with van der Waals surface area (Å²) in [7, 11) is 0. The summed E-state index contributed by atoms with van der Waals surface area (Å²) in [5.74, 6) is -0.791. The monoisotopic (exact) mass is 413 g/mol. The fourth-order valence-electron chi connectivity index (χ4n) is 2.58. The summed E-state index contributed by atoms with van der Waals surface area (Å²) in [5, 5.41) is 13.2. The van der Waals surface area contributed by atoms with Crippen LogP contribution >= 0.6 is 23.1 Å². The molecule has 0 aliphatic rings. The smallest absolute Gasteiger partial charge is 0.261 e. The molecule has 0 aliphatic carbocycles. The molecule has 8 heteroatoms. The molecule has 1 aromatic heterocycles. The highest BCUT2D eigenvalue weighted by atomic mass is 32.2. The summed E-state index contributed by atoms with van der Waals surface area (Å²) in [6.07, 6.45) is 0.658. The van der Waals surface area contributed by atoms with Gasteiger partial charge in [-0.1, -0.05) is 47.7 Å². The van der Waals surface area contributed by atoms with Gasteiger partial charge in [-0.15, -0.1) is 11.8 Å². The van der Waals surface area contributed by atoms with Gasteiger partial charge in [-0.3, -0.25) is 14.9 Å². The third kappa shape index (κ3) is 5.11. The first-order chi connectivity index (χ1) is 13.4. The minimum absolute atomic E-state index is 0.0917. The van der Waals surface area contributed by atoms with Crippen LogP contribution in [0.4, 0.5) is 5.13 Å². The van der Waals surface area contributed by atoms with E-state index in [-0.39, 0.29) is 17.1 Å². The number of thioether (sulfide) groups is 1. The number of aryl methyl sites for hydroxylation is 1. The van der Waals surface area contributed by atoms with Gasteiger partial charge < -0.3 is 10.8 Å². The lowest BCUT2D eigenvalue weighted by atomic mass is 10.0. The quantitative estimate of drug-likeness (QED) is 0.514. The first-order valence-electron chi connectivity index (χ1n) is 8.48. The summed E-state index contributed by atoms with van der Waals surface area (Å²) in [4.78, 5) is 27.9. The molecular formula is C20H19N3O3S2. The Hall–Kier alpha value is -2.84. The van der Waals surface area contributed by atoms with Crippen molar-refractivity contribution in [1.29, 1.82) is 0 Å². The highest BCUT2D eigenvalue weighted by molar-refractivity contribution is 8.01. The molecule has 0 radical (unpaired) electrons. The van der Waals surface area contributed by atoms with Gasteiger partial charge in [0.2, 0.25) is 5.91 Å². The van der Waals surface area contributed by atoms with Crippen LogP contribution in [0.15, 0.2) is 52.7 Å². The van der Waals surface area contributed by atoms with Crippen LogP contribution in [0.25, 0.3) is 0 Å². The minimum Gasteiger partial charge on any atom is -0.507 e. The predicted octanol–water partition coefficient (Wildman–Crippen LogP) is 3.58. The van der Waals surface area contributed by atoms with Crippen LogP contribution in [0, 0.1) is 6.92 Å². The van der Waals surface area contributed by atoms with Gasteiger partial charge in [0.25, 0.3) is 5.91 Å². The molecule has 1 heterocycles. The van der Waals surface area contributed by atoms with E-state index < -0.39 is 11.8 Å². The van der Waals surface area contributed by atoms with Crippen molar-refractivity contribution in [2.24, 2.45) is 5.73 Å².